The van der Waals surface area contributed by atoms with E-state index >= 15 is 0 Å². The molecule has 6 nitrogen and oxygen atoms in total. The molecular weight excluding hydrogens is 475 g/mol. The van der Waals surface area contributed by atoms with Gasteiger partial charge in [0.25, 0.3) is 0 Å². The van der Waals surface area contributed by atoms with E-state index in [-0.39, 0.29) is 34.7 Å². The van der Waals surface area contributed by atoms with Gasteiger partial charge in [-0.1, -0.05) is 29.8 Å². The second-order valence-electron chi connectivity index (χ2n) is 7.20. The quantitative estimate of drug-likeness (QED) is 0.401. The molecule has 2 heterocycles. The van der Waals surface area contributed by atoms with Gasteiger partial charge in [-0.3, -0.25) is 4.98 Å². The van der Waals surface area contributed by atoms with Crippen molar-refractivity contribution < 1.29 is 18.3 Å². The van der Waals surface area contributed by atoms with Crippen molar-refractivity contribution in [1.29, 1.82) is 0 Å². The van der Waals surface area contributed by atoms with Crippen molar-refractivity contribution in [2.45, 2.75) is 26.1 Å². The van der Waals surface area contributed by atoms with Crippen molar-refractivity contribution in [2.24, 2.45) is 5.92 Å². The Kier molecular flexibility index (Phi) is 7.11. The fraction of sp³-hybridized carbons (Fsp3) is 0.286. The maximum Gasteiger partial charge on any atom is 0.417 e. The Morgan fingerprint density at radius 3 is 2.52 bits per heavy atom. The Labute approximate surface area is 186 Å². The minimum absolute atomic E-state index is 0.0469. The van der Waals surface area contributed by atoms with Crippen LogP contribution < -0.4 is 10.6 Å². The molecule has 3 rings (SSSR count). The molecule has 0 aliphatic rings. The SMILES string of the molecule is CC(C)[C@H](CO)Nc1nc(Nc2ccc(Br)c(C(F)(F)F)c2)cc(-c2cccnc2)n1. The lowest BCUT2D eigenvalue weighted by Gasteiger charge is -2.21. The molecule has 0 bridgehead atoms. The number of nitrogens with one attached hydrogen (secondary N) is 2. The van der Waals surface area contributed by atoms with Gasteiger partial charge < -0.3 is 15.7 Å². The molecule has 0 spiro atoms. The summed E-state index contributed by atoms with van der Waals surface area (Å²) in [7, 11) is 0. The molecule has 3 N–H and O–H groups in total. The van der Waals surface area contributed by atoms with Gasteiger partial charge in [0.2, 0.25) is 5.95 Å². The number of benzene rings is 1. The van der Waals surface area contributed by atoms with Crippen LogP contribution in [-0.4, -0.2) is 32.7 Å². The second kappa shape index (κ2) is 9.61. The normalized spacial score (nSPS) is 12.6. The number of hydrogen-bond donors (Lipinski definition) is 3. The number of nitrogens with zero attached hydrogens (tertiary/aromatic N) is 3. The first kappa shape index (κ1) is 23.0. The number of aromatic nitrogens is 3. The summed E-state index contributed by atoms with van der Waals surface area (Å²) in [6.45, 7) is 3.76. The maximum absolute atomic E-state index is 13.3. The van der Waals surface area contributed by atoms with Gasteiger partial charge in [-0.05, 0) is 36.2 Å². The van der Waals surface area contributed by atoms with Gasteiger partial charge in [0, 0.05) is 34.2 Å². The summed E-state index contributed by atoms with van der Waals surface area (Å²) in [5.41, 5.74) is 0.673. The van der Waals surface area contributed by atoms with Crippen LogP contribution in [0.2, 0.25) is 0 Å². The zero-order valence-corrected chi connectivity index (χ0v) is 18.4. The van der Waals surface area contributed by atoms with Gasteiger partial charge in [0.05, 0.1) is 23.9 Å². The molecule has 0 unspecified atom stereocenters. The lowest BCUT2D eigenvalue weighted by atomic mass is 10.1. The molecule has 0 aliphatic carbocycles. The number of pyridine rings is 1. The van der Waals surface area contributed by atoms with E-state index < -0.39 is 11.7 Å². The first-order chi connectivity index (χ1) is 14.7. The number of hydrogen-bond acceptors (Lipinski definition) is 6. The Bertz CT molecular complexity index is 1030. The molecule has 0 radical (unpaired) electrons. The largest absolute Gasteiger partial charge is 0.417 e. The molecule has 1 atom stereocenters. The van der Waals surface area contributed by atoms with E-state index in [9.17, 15) is 18.3 Å². The third-order valence-electron chi connectivity index (χ3n) is 4.54. The molecule has 164 valence electrons. The van der Waals surface area contributed by atoms with Crippen molar-refractivity contribution in [3.63, 3.8) is 0 Å². The fourth-order valence-electron chi connectivity index (χ4n) is 2.80. The summed E-state index contributed by atoms with van der Waals surface area (Å²) in [4.78, 5) is 13.0. The van der Waals surface area contributed by atoms with Crippen LogP contribution >= 0.6 is 15.9 Å². The van der Waals surface area contributed by atoms with Gasteiger partial charge in [-0.25, -0.2) is 4.98 Å². The van der Waals surface area contributed by atoms with Crippen molar-refractivity contribution in [3.8, 4) is 11.3 Å². The van der Waals surface area contributed by atoms with Gasteiger partial charge in [0.15, 0.2) is 0 Å². The van der Waals surface area contributed by atoms with E-state index in [1.165, 1.54) is 12.1 Å². The summed E-state index contributed by atoms with van der Waals surface area (Å²) in [5, 5.41) is 15.6. The highest BCUT2D eigenvalue weighted by molar-refractivity contribution is 9.10. The summed E-state index contributed by atoms with van der Waals surface area (Å²) >= 11 is 2.94. The van der Waals surface area contributed by atoms with E-state index in [1.54, 1.807) is 24.5 Å². The standard InChI is InChI=1S/C21H21BrF3N5O/c1-12(2)18(11-31)29-20-28-17(13-4-3-7-26-10-13)9-19(30-20)27-14-5-6-16(22)15(8-14)21(23,24)25/h3-10,12,18,31H,11H2,1-2H3,(H2,27,28,29,30)/t18-/m0/s1. The molecule has 2 aromatic heterocycles. The first-order valence-corrected chi connectivity index (χ1v) is 10.3. The number of alkyl halides is 3. The van der Waals surface area contributed by atoms with Gasteiger partial charge >= 0.3 is 6.18 Å². The van der Waals surface area contributed by atoms with Crippen molar-refractivity contribution in [3.05, 3.63) is 58.8 Å². The van der Waals surface area contributed by atoms with Crippen LogP contribution in [0.1, 0.15) is 19.4 Å². The van der Waals surface area contributed by atoms with Gasteiger partial charge in [-0.2, -0.15) is 18.2 Å². The fourth-order valence-corrected chi connectivity index (χ4v) is 3.27. The number of anilines is 3. The number of aliphatic hydroxyl groups excluding tert-OH is 1. The zero-order valence-electron chi connectivity index (χ0n) is 16.8. The number of aliphatic hydroxyl groups is 1. The molecule has 3 aromatic rings. The topological polar surface area (TPSA) is 83.0 Å². The van der Waals surface area contributed by atoms with Gasteiger partial charge in [0.1, 0.15) is 5.82 Å². The number of rotatable bonds is 7. The second-order valence-corrected chi connectivity index (χ2v) is 8.05. The molecular formula is C21H21BrF3N5O. The minimum Gasteiger partial charge on any atom is -0.394 e. The average Bonchev–Trinajstić information content (AvgIpc) is 2.73. The Morgan fingerprint density at radius 2 is 1.90 bits per heavy atom. The summed E-state index contributed by atoms with van der Waals surface area (Å²) in [6, 6.07) is 8.76. The highest BCUT2D eigenvalue weighted by Gasteiger charge is 2.33. The minimum atomic E-state index is -4.50. The van der Waals surface area contributed by atoms with E-state index in [0.29, 0.717) is 17.1 Å². The number of halogens is 4. The van der Waals surface area contributed by atoms with E-state index in [0.717, 1.165) is 6.07 Å². The third-order valence-corrected chi connectivity index (χ3v) is 5.24. The lowest BCUT2D eigenvalue weighted by Crippen LogP contribution is -2.30. The zero-order chi connectivity index (χ0) is 22.6. The molecule has 31 heavy (non-hydrogen) atoms. The molecule has 0 saturated heterocycles. The van der Waals surface area contributed by atoms with Crippen LogP contribution in [-0.2, 0) is 6.18 Å². The van der Waals surface area contributed by atoms with E-state index in [4.69, 9.17) is 0 Å². The lowest BCUT2D eigenvalue weighted by molar-refractivity contribution is -0.138. The highest BCUT2D eigenvalue weighted by atomic mass is 79.9. The Morgan fingerprint density at radius 1 is 1.13 bits per heavy atom. The molecule has 0 fully saturated rings. The molecule has 0 saturated carbocycles. The predicted molar refractivity (Wildman–Crippen MR) is 117 cm³/mol. The van der Waals surface area contributed by atoms with Crippen molar-refractivity contribution in [1.82, 2.24) is 15.0 Å². The van der Waals surface area contributed by atoms with Crippen LogP contribution in [0, 0.1) is 5.92 Å². The first-order valence-electron chi connectivity index (χ1n) is 9.48. The van der Waals surface area contributed by atoms with Crippen molar-refractivity contribution >= 4 is 33.4 Å². The molecule has 1 aromatic carbocycles. The van der Waals surface area contributed by atoms with E-state index in [2.05, 4.69) is 41.5 Å². The molecule has 0 aliphatic heterocycles. The van der Waals surface area contributed by atoms with Crippen LogP contribution in [0.3, 0.4) is 0 Å². The van der Waals surface area contributed by atoms with Gasteiger partial charge in [-0.15, -0.1) is 0 Å². The summed E-state index contributed by atoms with van der Waals surface area (Å²) in [5.74, 6) is 0.643. The van der Waals surface area contributed by atoms with E-state index in [1.807, 2.05) is 19.9 Å². The highest BCUT2D eigenvalue weighted by Crippen LogP contribution is 2.37. The third kappa shape index (κ3) is 5.92. The van der Waals surface area contributed by atoms with Crippen molar-refractivity contribution in [2.75, 3.05) is 17.2 Å². The van der Waals surface area contributed by atoms with Crippen LogP contribution in [0.5, 0.6) is 0 Å². The summed E-state index contributed by atoms with van der Waals surface area (Å²) < 4.78 is 39.7. The predicted octanol–water partition coefficient (Wildman–Crippen LogP) is 5.49. The average molecular weight is 496 g/mol. The monoisotopic (exact) mass is 495 g/mol. The molecule has 10 heteroatoms. The molecule has 0 amide bonds. The maximum atomic E-state index is 13.3. The Balaban J connectivity index is 2.00. The Hall–Kier alpha value is -2.72. The van der Waals surface area contributed by atoms with Crippen LogP contribution in [0.4, 0.5) is 30.6 Å². The smallest absolute Gasteiger partial charge is 0.394 e. The summed E-state index contributed by atoms with van der Waals surface area (Å²) in [6.07, 6.45) is -1.24. The van der Waals surface area contributed by atoms with Crippen LogP contribution in [0.15, 0.2) is 53.3 Å². The van der Waals surface area contributed by atoms with Crippen LogP contribution in [0.25, 0.3) is 11.3 Å².